The summed E-state index contributed by atoms with van der Waals surface area (Å²) in [6, 6.07) is 17.5. The molecule has 0 unspecified atom stereocenters. The van der Waals surface area contributed by atoms with Crippen LogP contribution in [0.2, 0.25) is 0 Å². The summed E-state index contributed by atoms with van der Waals surface area (Å²) in [5.41, 5.74) is 4.18. The van der Waals surface area contributed by atoms with Crippen LogP contribution in [-0.4, -0.2) is 132 Å². The lowest BCUT2D eigenvalue weighted by molar-refractivity contribution is -0.147. The molecule has 7 amide bonds. The van der Waals surface area contributed by atoms with Gasteiger partial charge in [0, 0.05) is 44.9 Å². The van der Waals surface area contributed by atoms with Gasteiger partial charge in [0.1, 0.15) is 30.2 Å². The van der Waals surface area contributed by atoms with Crippen molar-refractivity contribution >= 4 is 41.4 Å². The zero-order valence-corrected chi connectivity index (χ0v) is 45.9. The second kappa shape index (κ2) is 24.5. The van der Waals surface area contributed by atoms with Crippen molar-refractivity contribution in [2.24, 2.45) is 10.8 Å². The van der Waals surface area contributed by atoms with Crippen LogP contribution in [0.4, 0.5) is 0 Å². The molecule has 9 atom stereocenters. The number of nitrogens with zero attached hydrogens (tertiary/aromatic N) is 3. The van der Waals surface area contributed by atoms with E-state index in [9.17, 15) is 24.0 Å². The van der Waals surface area contributed by atoms with Crippen molar-refractivity contribution in [2.75, 3.05) is 33.7 Å². The number of hydrogen-bond acceptors (Lipinski definition) is 9. The van der Waals surface area contributed by atoms with Gasteiger partial charge < -0.3 is 46.6 Å². The topological polar surface area (TPSA) is 201 Å². The number of carbonyl (C=O) groups excluding carboxylic acids is 7. The van der Waals surface area contributed by atoms with Gasteiger partial charge in [0.25, 0.3) is 0 Å². The third-order valence-electron chi connectivity index (χ3n) is 15.4. The van der Waals surface area contributed by atoms with E-state index in [4.69, 9.17) is 0 Å². The Morgan fingerprint density at radius 3 is 1.84 bits per heavy atom. The summed E-state index contributed by atoms with van der Waals surface area (Å²) >= 11 is 0. The lowest BCUT2D eigenvalue weighted by atomic mass is 9.83. The van der Waals surface area contributed by atoms with Crippen molar-refractivity contribution in [1.82, 2.24) is 46.6 Å². The molecule has 3 aliphatic rings. The van der Waals surface area contributed by atoms with E-state index in [1.807, 2.05) is 116 Å². The molecule has 0 aromatic heterocycles. The van der Waals surface area contributed by atoms with Crippen LogP contribution >= 0.6 is 0 Å². The number of amides is 7. The maximum atomic E-state index is 15.2. The third kappa shape index (κ3) is 13.4. The fraction of sp³-hybridized carbons (Fsp3) is 0.569. The summed E-state index contributed by atoms with van der Waals surface area (Å²) in [5, 5.41) is 18.3. The largest absolute Gasteiger partial charge is 0.347 e. The van der Waals surface area contributed by atoms with Gasteiger partial charge in [-0.05, 0) is 112 Å². The molecule has 1 saturated heterocycles. The van der Waals surface area contributed by atoms with Crippen LogP contribution < -0.4 is 31.9 Å². The number of likely N-dealkylation sites (tertiary alicyclic amines) is 1. The molecule has 2 heterocycles. The minimum Gasteiger partial charge on any atom is -0.347 e. The van der Waals surface area contributed by atoms with Gasteiger partial charge in [0.2, 0.25) is 41.4 Å². The van der Waals surface area contributed by atoms with E-state index in [-0.39, 0.29) is 73.8 Å². The lowest BCUT2D eigenvalue weighted by Gasteiger charge is -2.42. The standard InChI is InChI=1S/C58H83N9O7/c1-13-65(14-2)54(72)45(29-37-21-16-15-17-22-37)62-53(71)47-32-42(34-67(47)56(74)49(58(8,9)10)64-51(69)36(4)60-12)39-27-28-40-31-46(52(70)61-44-26-20-24-38-23-18-19-25-43(38)44)66(33-41(40)30-39)55(73)48(57(5,6)7)63-50(68)35(3)59-11/h15-19,21-23,25,27-28,30,35-36,42,44-49,59-60H,13-14,20,24,26,29,31-34H2,1-12H3,(H,61,70)(H,62,71)(H,63,68)(H,64,69)/t35-,36-,42-,44+,45-,46-,47-,48+,49+/m0/s1. The highest BCUT2D eigenvalue weighted by Crippen LogP contribution is 2.38. The predicted molar refractivity (Wildman–Crippen MR) is 287 cm³/mol. The summed E-state index contributed by atoms with van der Waals surface area (Å²) in [5.74, 6) is -2.85. The first-order valence-electron chi connectivity index (χ1n) is 26.7. The van der Waals surface area contributed by atoms with Crippen LogP contribution in [0, 0.1) is 10.8 Å². The molecular formula is C58H83N9O7. The predicted octanol–water partition coefficient (Wildman–Crippen LogP) is 4.69. The number of rotatable bonds is 18. The molecule has 16 heteroatoms. The first kappa shape index (κ1) is 57.2. The zero-order chi connectivity index (χ0) is 54.2. The average molecular weight is 1020 g/mol. The minimum atomic E-state index is -1.01. The number of benzene rings is 3. The Balaban J connectivity index is 1.38. The maximum Gasteiger partial charge on any atom is 0.246 e. The molecule has 0 spiro atoms. The van der Waals surface area contributed by atoms with E-state index >= 15 is 9.59 Å². The number of carbonyl (C=O) groups is 7. The van der Waals surface area contributed by atoms with Gasteiger partial charge in [-0.2, -0.15) is 0 Å². The molecule has 1 aliphatic carbocycles. The molecule has 16 nitrogen and oxygen atoms in total. The van der Waals surface area contributed by atoms with Crippen molar-refractivity contribution in [3.8, 4) is 0 Å². The monoisotopic (exact) mass is 1020 g/mol. The Hall–Kier alpha value is -6.13. The second-order valence-corrected chi connectivity index (χ2v) is 22.7. The normalized spacial score (nSPS) is 20.6. The summed E-state index contributed by atoms with van der Waals surface area (Å²) in [7, 11) is 3.35. The van der Waals surface area contributed by atoms with Crippen molar-refractivity contribution < 1.29 is 33.6 Å². The smallest absolute Gasteiger partial charge is 0.246 e. The Kier molecular flexibility index (Phi) is 18.9. The van der Waals surface area contributed by atoms with E-state index < -0.39 is 64.9 Å². The van der Waals surface area contributed by atoms with E-state index in [0.717, 1.165) is 47.1 Å². The highest BCUT2D eigenvalue weighted by molar-refractivity contribution is 5.96. The number of likely N-dealkylation sites (N-methyl/N-ethyl adjacent to an activating group) is 3. The summed E-state index contributed by atoms with van der Waals surface area (Å²) in [6.45, 7) is 19.6. The van der Waals surface area contributed by atoms with Crippen LogP contribution in [0.1, 0.15) is 134 Å². The molecular weight excluding hydrogens is 935 g/mol. The molecule has 6 rings (SSSR count). The van der Waals surface area contributed by atoms with Gasteiger partial charge in [-0.15, -0.1) is 0 Å². The molecule has 1 fully saturated rings. The van der Waals surface area contributed by atoms with Gasteiger partial charge in [-0.1, -0.05) is 114 Å². The van der Waals surface area contributed by atoms with Gasteiger partial charge in [-0.25, -0.2) is 0 Å². The molecule has 74 heavy (non-hydrogen) atoms. The molecule has 0 radical (unpaired) electrons. The quantitative estimate of drug-likeness (QED) is 0.105. The number of fused-ring (bicyclic) bond motifs is 2. The molecule has 0 bridgehead atoms. The molecule has 3 aromatic carbocycles. The third-order valence-corrected chi connectivity index (χ3v) is 15.4. The van der Waals surface area contributed by atoms with Crippen LogP contribution in [0.5, 0.6) is 0 Å². The van der Waals surface area contributed by atoms with Crippen LogP contribution in [0.3, 0.4) is 0 Å². The van der Waals surface area contributed by atoms with E-state index in [1.165, 1.54) is 5.56 Å². The molecule has 402 valence electrons. The van der Waals surface area contributed by atoms with Crippen molar-refractivity contribution in [2.45, 2.75) is 169 Å². The zero-order valence-electron chi connectivity index (χ0n) is 45.9. The van der Waals surface area contributed by atoms with Gasteiger partial charge >= 0.3 is 0 Å². The SMILES string of the molecule is CCN(CC)C(=O)[C@H](Cc1ccccc1)NC(=O)[C@@H]1C[C@H](c2ccc3c(c2)CN(C(=O)[C@@H](NC(=O)[C@H](C)NC)C(C)(C)C)[C@H](C(=O)N[C@@H]2CCCc4ccccc42)C3)CN1C(=O)[C@@H](NC(=O)[C@H](C)NC)C(C)(C)C. The number of nitrogens with one attached hydrogen (secondary N) is 6. The first-order valence-corrected chi connectivity index (χ1v) is 26.7. The maximum absolute atomic E-state index is 15.2. The Labute approximate surface area is 439 Å². The van der Waals surface area contributed by atoms with Gasteiger partial charge in [0.15, 0.2) is 0 Å². The second-order valence-electron chi connectivity index (χ2n) is 22.7. The first-order chi connectivity index (χ1) is 35.0. The minimum absolute atomic E-state index is 0.0705. The highest BCUT2D eigenvalue weighted by Gasteiger charge is 2.47. The van der Waals surface area contributed by atoms with Crippen LogP contribution in [-0.2, 0) is 59.4 Å². The molecule has 3 aromatic rings. The molecule has 2 aliphatic heterocycles. The number of hydrogen-bond donors (Lipinski definition) is 6. The number of aryl methyl sites for hydroxylation is 1. The van der Waals surface area contributed by atoms with Crippen LogP contribution in [0.15, 0.2) is 72.8 Å². The van der Waals surface area contributed by atoms with Gasteiger partial charge in [0.05, 0.1) is 18.1 Å². The van der Waals surface area contributed by atoms with Crippen molar-refractivity contribution in [1.29, 1.82) is 0 Å². The summed E-state index contributed by atoms with van der Waals surface area (Å²) in [4.78, 5) is 106. The summed E-state index contributed by atoms with van der Waals surface area (Å²) < 4.78 is 0. The molecule has 6 N–H and O–H groups in total. The van der Waals surface area contributed by atoms with Crippen LogP contribution in [0.25, 0.3) is 0 Å². The van der Waals surface area contributed by atoms with E-state index in [1.54, 1.807) is 42.6 Å². The fourth-order valence-electron chi connectivity index (χ4n) is 10.6. The fourth-order valence-corrected chi connectivity index (χ4v) is 10.6. The Morgan fingerprint density at radius 1 is 0.676 bits per heavy atom. The lowest BCUT2D eigenvalue weighted by Crippen LogP contribution is -2.62. The highest BCUT2D eigenvalue weighted by atomic mass is 16.2. The van der Waals surface area contributed by atoms with Crippen molar-refractivity contribution in [3.63, 3.8) is 0 Å². The average Bonchev–Trinajstić information content (AvgIpc) is 3.84. The Morgan fingerprint density at radius 2 is 1.26 bits per heavy atom. The van der Waals surface area contributed by atoms with E-state index in [0.29, 0.717) is 13.1 Å². The summed E-state index contributed by atoms with van der Waals surface area (Å²) in [6.07, 6.45) is 3.29. The van der Waals surface area contributed by atoms with Crippen molar-refractivity contribution in [3.05, 3.63) is 106 Å². The Bertz CT molecular complexity index is 2500. The van der Waals surface area contributed by atoms with Gasteiger partial charge in [-0.3, -0.25) is 33.6 Å². The molecule has 0 saturated carbocycles. The van der Waals surface area contributed by atoms with E-state index in [2.05, 4.69) is 44.0 Å².